The van der Waals surface area contributed by atoms with Crippen LogP contribution in [-0.4, -0.2) is 29.1 Å². The summed E-state index contributed by atoms with van der Waals surface area (Å²) in [4.78, 5) is 13.4. The maximum absolute atomic E-state index is 11.7. The Labute approximate surface area is 88.5 Å². The number of phenolic OH excluding ortho intramolecular Hbond substituents is 1. The van der Waals surface area contributed by atoms with Crippen LogP contribution in [0.5, 0.6) is 5.75 Å². The maximum atomic E-state index is 11.7. The van der Waals surface area contributed by atoms with Gasteiger partial charge in [-0.25, -0.2) is 4.79 Å². The molecule has 0 bridgehead atoms. The van der Waals surface area contributed by atoms with E-state index in [1.54, 1.807) is 23.1 Å². The van der Waals surface area contributed by atoms with E-state index in [2.05, 4.69) is 5.32 Å². The molecule has 0 spiro atoms. The van der Waals surface area contributed by atoms with Crippen LogP contribution in [0.1, 0.15) is 12.8 Å². The highest BCUT2D eigenvalue weighted by atomic mass is 16.3. The van der Waals surface area contributed by atoms with E-state index in [0.717, 1.165) is 25.9 Å². The Hall–Kier alpha value is -1.71. The third-order valence-electron chi connectivity index (χ3n) is 2.49. The van der Waals surface area contributed by atoms with E-state index < -0.39 is 0 Å². The molecule has 1 fully saturated rings. The number of phenols is 1. The van der Waals surface area contributed by atoms with E-state index in [0.29, 0.717) is 5.69 Å². The highest BCUT2D eigenvalue weighted by Crippen LogP contribution is 2.16. The van der Waals surface area contributed by atoms with Crippen LogP contribution in [0, 0.1) is 0 Å². The average Bonchev–Trinajstić information content (AvgIpc) is 2.70. The largest absolute Gasteiger partial charge is 0.508 e. The molecule has 4 heteroatoms. The number of aromatic hydroxyl groups is 1. The van der Waals surface area contributed by atoms with Crippen molar-refractivity contribution in [2.24, 2.45) is 0 Å². The van der Waals surface area contributed by atoms with E-state index in [1.165, 1.54) is 6.07 Å². The molecule has 1 aromatic carbocycles. The van der Waals surface area contributed by atoms with Gasteiger partial charge in [0.05, 0.1) is 0 Å². The summed E-state index contributed by atoms with van der Waals surface area (Å²) in [6.07, 6.45) is 2.15. The molecule has 0 unspecified atom stereocenters. The first-order valence-electron chi connectivity index (χ1n) is 5.11. The standard InChI is InChI=1S/C11H14N2O2/c14-10-5-3-4-9(8-10)12-11(15)13-6-1-2-7-13/h3-5,8,14H,1-2,6-7H2,(H,12,15). The molecule has 80 valence electrons. The van der Waals surface area contributed by atoms with E-state index in [9.17, 15) is 9.90 Å². The molecule has 0 saturated carbocycles. The average molecular weight is 206 g/mol. The first kappa shape index (κ1) is 9.83. The number of benzene rings is 1. The van der Waals surface area contributed by atoms with Crippen LogP contribution in [0.15, 0.2) is 24.3 Å². The zero-order valence-corrected chi connectivity index (χ0v) is 8.44. The molecule has 2 amide bonds. The number of anilines is 1. The van der Waals surface area contributed by atoms with Crippen LogP contribution in [0.2, 0.25) is 0 Å². The Kier molecular flexibility index (Phi) is 2.76. The first-order chi connectivity index (χ1) is 7.25. The van der Waals surface area contributed by atoms with E-state index in [1.807, 2.05) is 0 Å². The van der Waals surface area contributed by atoms with Gasteiger partial charge in [0.2, 0.25) is 0 Å². The fourth-order valence-corrected chi connectivity index (χ4v) is 1.71. The van der Waals surface area contributed by atoms with Gasteiger partial charge in [-0.15, -0.1) is 0 Å². The lowest BCUT2D eigenvalue weighted by molar-refractivity contribution is 0.222. The van der Waals surface area contributed by atoms with Crippen LogP contribution in [0.25, 0.3) is 0 Å². The van der Waals surface area contributed by atoms with E-state index >= 15 is 0 Å². The molecule has 4 nitrogen and oxygen atoms in total. The normalized spacial score (nSPS) is 15.3. The second-order valence-corrected chi connectivity index (χ2v) is 3.67. The first-order valence-corrected chi connectivity index (χ1v) is 5.11. The number of carbonyl (C=O) groups excluding carboxylic acids is 1. The number of amides is 2. The summed E-state index contributed by atoms with van der Waals surface area (Å²) in [5.41, 5.74) is 0.631. The lowest BCUT2D eigenvalue weighted by Crippen LogP contribution is -2.32. The van der Waals surface area contributed by atoms with Crippen molar-refractivity contribution in [3.8, 4) is 5.75 Å². The third kappa shape index (κ3) is 2.40. The molecule has 1 heterocycles. The fourth-order valence-electron chi connectivity index (χ4n) is 1.71. The summed E-state index contributed by atoms with van der Waals surface area (Å²) in [5.74, 6) is 0.161. The molecule has 15 heavy (non-hydrogen) atoms. The highest BCUT2D eigenvalue weighted by molar-refractivity contribution is 5.89. The minimum Gasteiger partial charge on any atom is -0.508 e. The van der Waals surface area contributed by atoms with Gasteiger partial charge in [-0.05, 0) is 25.0 Å². The highest BCUT2D eigenvalue weighted by Gasteiger charge is 2.17. The molecular weight excluding hydrogens is 192 g/mol. The zero-order chi connectivity index (χ0) is 10.7. The lowest BCUT2D eigenvalue weighted by atomic mass is 10.3. The van der Waals surface area contributed by atoms with Crippen LogP contribution < -0.4 is 5.32 Å². The minimum atomic E-state index is -0.0851. The fraction of sp³-hybridized carbons (Fsp3) is 0.364. The molecule has 1 aliphatic heterocycles. The van der Waals surface area contributed by atoms with Crippen LogP contribution in [0.3, 0.4) is 0 Å². The lowest BCUT2D eigenvalue weighted by Gasteiger charge is -2.16. The van der Waals surface area contributed by atoms with Crippen molar-refractivity contribution in [1.29, 1.82) is 0 Å². The van der Waals surface area contributed by atoms with Gasteiger partial charge >= 0.3 is 6.03 Å². The monoisotopic (exact) mass is 206 g/mol. The molecule has 1 aliphatic rings. The number of nitrogens with zero attached hydrogens (tertiary/aromatic N) is 1. The third-order valence-corrected chi connectivity index (χ3v) is 2.49. The van der Waals surface area contributed by atoms with Gasteiger partial charge in [0.15, 0.2) is 0 Å². The van der Waals surface area contributed by atoms with Crippen molar-refractivity contribution in [3.05, 3.63) is 24.3 Å². The molecule has 0 aliphatic carbocycles. The summed E-state index contributed by atoms with van der Waals surface area (Å²) in [6, 6.07) is 6.49. The second-order valence-electron chi connectivity index (χ2n) is 3.67. The summed E-state index contributed by atoms with van der Waals surface area (Å²) < 4.78 is 0. The second kappa shape index (κ2) is 4.21. The van der Waals surface area contributed by atoms with Crippen LogP contribution in [-0.2, 0) is 0 Å². The number of urea groups is 1. The van der Waals surface area contributed by atoms with Crippen LogP contribution in [0.4, 0.5) is 10.5 Å². The van der Waals surface area contributed by atoms with E-state index in [4.69, 9.17) is 0 Å². The molecule has 0 aromatic heterocycles. The molecule has 2 N–H and O–H groups in total. The summed E-state index contributed by atoms with van der Waals surface area (Å²) >= 11 is 0. The predicted octanol–water partition coefficient (Wildman–Crippen LogP) is 2.02. The number of rotatable bonds is 1. The van der Waals surface area contributed by atoms with Crippen molar-refractivity contribution in [2.75, 3.05) is 18.4 Å². The molecule has 0 atom stereocenters. The smallest absolute Gasteiger partial charge is 0.321 e. The molecule has 1 aromatic rings. The van der Waals surface area contributed by atoms with E-state index in [-0.39, 0.29) is 11.8 Å². The molecular formula is C11H14N2O2. The Bertz CT molecular complexity index is 359. The summed E-state index contributed by atoms with van der Waals surface area (Å²) in [6.45, 7) is 1.65. The Morgan fingerprint density at radius 2 is 2.07 bits per heavy atom. The summed E-state index contributed by atoms with van der Waals surface area (Å²) in [7, 11) is 0. The molecule has 1 saturated heterocycles. The quantitative estimate of drug-likeness (QED) is 0.738. The summed E-state index contributed by atoms with van der Waals surface area (Å²) in [5, 5.41) is 12.0. The predicted molar refractivity (Wildman–Crippen MR) is 57.9 cm³/mol. The Morgan fingerprint density at radius 3 is 2.73 bits per heavy atom. The zero-order valence-electron chi connectivity index (χ0n) is 8.44. The number of hydrogen-bond acceptors (Lipinski definition) is 2. The topological polar surface area (TPSA) is 52.6 Å². The van der Waals surface area contributed by atoms with Gasteiger partial charge in [-0.3, -0.25) is 0 Å². The van der Waals surface area contributed by atoms with Gasteiger partial charge in [0.25, 0.3) is 0 Å². The van der Waals surface area contributed by atoms with Crippen molar-refractivity contribution >= 4 is 11.7 Å². The SMILES string of the molecule is O=C(Nc1cccc(O)c1)N1CCCC1. The van der Waals surface area contributed by atoms with Gasteiger partial charge < -0.3 is 15.3 Å². The van der Waals surface area contributed by atoms with Gasteiger partial charge in [-0.2, -0.15) is 0 Å². The number of nitrogens with one attached hydrogen (secondary N) is 1. The van der Waals surface area contributed by atoms with Crippen LogP contribution >= 0.6 is 0 Å². The maximum Gasteiger partial charge on any atom is 0.321 e. The molecule has 2 rings (SSSR count). The number of carbonyl (C=O) groups is 1. The van der Waals surface area contributed by atoms with Gasteiger partial charge in [0, 0.05) is 24.8 Å². The van der Waals surface area contributed by atoms with Gasteiger partial charge in [-0.1, -0.05) is 6.07 Å². The Balaban J connectivity index is 1.99. The van der Waals surface area contributed by atoms with Crippen molar-refractivity contribution < 1.29 is 9.90 Å². The van der Waals surface area contributed by atoms with Crippen molar-refractivity contribution in [2.45, 2.75) is 12.8 Å². The molecule has 0 radical (unpaired) electrons. The minimum absolute atomic E-state index is 0.0851. The van der Waals surface area contributed by atoms with Crippen molar-refractivity contribution in [1.82, 2.24) is 4.90 Å². The Morgan fingerprint density at radius 1 is 1.33 bits per heavy atom. The number of likely N-dealkylation sites (tertiary alicyclic amines) is 1. The van der Waals surface area contributed by atoms with Gasteiger partial charge in [0.1, 0.15) is 5.75 Å². The number of hydrogen-bond donors (Lipinski definition) is 2. The van der Waals surface area contributed by atoms with Crippen molar-refractivity contribution in [3.63, 3.8) is 0 Å².